The Labute approximate surface area is 137 Å². The van der Waals surface area contributed by atoms with Gasteiger partial charge in [0.15, 0.2) is 4.90 Å². The van der Waals surface area contributed by atoms with Gasteiger partial charge in [-0.1, -0.05) is 42.5 Å². The molecular weight excluding hydrogens is 332 g/mol. The number of aromatic nitrogens is 2. The fourth-order valence-corrected chi connectivity index (χ4v) is 3.61. The zero-order valence-electron chi connectivity index (χ0n) is 12.2. The standard InChI is InChI=1S/C15H12N4O4S/c16-15-10-12(11-6-2-1-3-7-11)17-18(15)24(22,23)14-9-5-4-8-13(14)19(20)21/h1-10H,16H2. The minimum absolute atomic E-state index is 0.132. The summed E-state index contributed by atoms with van der Waals surface area (Å²) in [5, 5.41) is 15.1. The molecule has 8 nitrogen and oxygen atoms in total. The van der Waals surface area contributed by atoms with Gasteiger partial charge >= 0.3 is 0 Å². The molecule has 24 heavy (non-hydrogen) atoms. The van der Waals surface area contributed by atoms with Gasteiger partial charge in [0.2, 0.25) is 0 Å². The van der Waals surface area contributed by atoms with Crippen LogP contribution in [0.15, 0.2) is 65.6 Å². The van der Waals surface area contributed by atoms with Crippen LogP contribution in [0.2, 0.25) is 0 Å². The summed E-state index contributed by atoms with van der Waals surface area (Å²) in [6.07, 6.45) is 0. The zero-order valence-corrected chi connectivity index (χ0v) is 13.1. The monoisotopic (exact) mass is 344 g/mol. The molecule has 0 saturated carbocycles. The van der Waals surface area contributed by atoms with E-state index in [0.29, 0.717) is 15.3 Å². The number of nitrogen functional groups attached to an aromatic ring is 1. The predicted octanol–water partition coefficient (Wildman–Crippen LogP) is 2.28. The van der Waals surface area contributed by atoms with Crippen molar-refractivity contribution >= 4 is 21.5 Å². The molecule has 2 N–H and O–H groups in total. The van der Waals surface area contributed by atoms with Gasteiger partial charge in [-0.05, 0) is 6.07 Å². The van der Waals surface area contributed by atoms with E-state index < -0.39 is 25.5 Å². The molecule has 0 unspecified atom stereocenters. The second kappa shape index (κ2) is 5.78. The van der Waals surface area contributed by atoms with Crippen LogP contribution in [0.3, 0.4) is 0 Å². The molecule has 2 aromatic carbocycles. The van der Waals surface area contributed by atoms with E-state index in [-0.39, 0.29) is 5.82 Å². The van der Waals surface area contributed by atoms with Crippen LogP contribution in [0.5, 0.6) is 0 Å². The Morgan fingerprint density at radius 2 is 1.67 bits per heavy atom. The number of anilines is 1. The molecule has 0 bridgehead atoms. The van der Waals surface area contributed by atoms with Crippen LogP contribution in [-0.2, 0) is 10.0 Å². The molecule has 1 aromatic heterocycles. The average molecular weight is 344 g/mol. The van der Waals surface area contributed by atoms with Crippen molar-refractivity contribution in [2.24, 2.45) is 0 Å². The van der Waals surface area contributed by atoms with Crippen molar-refractivity contribution < 1.29 is 13.3 Å². The molecule has 0 aliphatic carbocycles. The van der Waals surface area contributed by atoms with Gasteiger partial charge < -0.3 is 5.73 Å². The Kier molecular flexibility index (Phi) is 3.78. The van der Waals surface area contributed by atoms with Crippen molar-refractivity contribution in [2.45, 2.75) is 4.90 Å². The van der Waals surface area contributed by atoms with Gasteiger partial charge in [-0.15, -0.1) is 4.09 Å². The van der Waals surface area contributed by atoms with E-state index in [2.05, 4.69) is 5.10 Å². The largest absolute Gasteiger partial charge is 0.383 e. The Morgan fingerprint density at radius 3 is 2.33 bits per heavy atom. The third-order valence-electron chi connectivity index (χ3n) is 3.34. The smallest absolute Gasteiger partial charge is 0.291 e. The van der Waals surface area contributed by atoms with E-state index >= 15 is 0 Å². The molecule has 0 saturated heterocycles. The minimum atomic E-state index is -4.29. The number of nitrogens with two attached hydrogens (primary N) is 1. The summed E-state index contributed by atoms with van der Waals surface area (Å²) in [6.45, 7) is 0. The summed E-state index contributed by atoms with van der Waals surface area (Å²) in [4.78, 5) is 9.86. The predicted molar refractivity (Wildman–Crippen MR) is 87.8 cm³/mol. The fourth-order valence-electron chi connectivity index (χ4n) is 2.24. The van der Waals surface area contributed by atoms with Gasteiger partial charge in [0.05, 0.1) is 10.6 Å². The number of nitro groups is 1. The first-order valence-corrected chi connectivity index (χ1v) is 8.25. The summed E-state index contributed by atoms with van der Waals surface area (Å²) >= 11 is 0. The molecule has 122 valence electrons. The molecule has 0 fully saturated rings. The molecule has 0 aliphatic heterocycles. The molecule has 0 aliphatic rings. The maximum Gasteiger partial charge on any atom is 0.291 e. The topological polar surface area (TPSA) is 121 Å². The lowest BCUT2D eigenvalue weighted by Gasteiger charge is -2.06. The third kappa shape index (κ3) is 2.61. The van der Waals surface area contributed by atoms with Gasteiger partial charge in [-0.2, -0.15) is 13.5 Å². The van der Waals surface area contributed by atoms with Crippen molar-refractivity contribution in [2.75, 3.05) is 5.73 Å². The summed E-state index contributed by atoms with van der Waals surface area (Å²) in [5.74, 6) is -0.132. The van der Waals surface area contributed by atoms with Gasteiger partial charge in [0, 0.05) is 17.7 Å². The van der Waals surface area contributed by atoms with Crippen molar-refractivity contribution in [1.29, 1.82) is 0 Å². The number of rotatable bonds is 4. The first kappa shape index (κ1) is 15.7. The van der Waals surface area contributed by atoms with Crippen LogP contribution in [-0.4, -0.2) is 22.5 Å². The molecule has 3 aromatic rings. The van der Waals surface area contributed by atoms with Crippen LogP contribution >= 0.6 is 0 Å². The molecule has 0 spiro atoms. The van der Waals surface area contributed by atoms with Crippen LogP contribution < -0.4 is 5.73 Å². The second-order valence-corrected chi connectivity index (χ2v) is 6.63. The number of nitrogens with zero attached hydrogens (tertiary/aromatic N) is 3. The molecule has 1 heterocycles. The Morgan fingerprint density at radius 1 is 1.04 bits per heavy atom. The minimum Gasteiger partial charge on any atom is -0.383 e. The van der Waals surface area contributed by atoms with E-state index in [1.54, 1.807) is 24.3 Å². The van der Waals surface area contributed by atoms with Gasteiger partial charge in [-0.3, -0.25) is 10.1 Å². The average Bonchev–Trinajstić information content (AvgIpc) is 2.98. The molecule has 0 amide bonds. The molecule has 3 rings (SSSR count). The van der Waals surface area contributed by atoms with Crippen LogP contribution in [0.4, 0.5) is 11.5 Å². The third-order valence-corrected chi connectivity index (χ3v) is 4.99. The van der Waals surface area contributed by atoms with E-state index in [1.165, 1.54) is 18.2 Å². The maximum absolute atomic E-state index is 12.7. The molecule has 9 heteroatoms. The molecular formula is C15H12N4O4S. The SMILES string of the molecule is Nc1cc(-c2ccccc2)nn1S(=O)(=O)c1ccccc1[N+](=O)[O-]. The van der Waals surface area contributed by atoms with Crippen LogP contribution in [0, 0.1) is 10.1 Å². The number of para-hydroxylation sites is 1. The van der Waals surface area contributed by atoms with Gasteiger partial charge in [0.25, 0.3) is 15.7 Å². The highest BCUT2D eigenvalue weighted by molar-refractivity contribution is 7.90. The van der Waals surface area contributed by atoms with Gasteiger partial charge in [-0.25, -0.2) is 0 Å². The normalized spacial score (nSPS) is 11.3. The highest BCUT2D eigenvalue weighted by Gasteiger charge is 2.29. The maximum atomic E-state index is 12.7. The summed E-state index contributed by atoms with van der Waals surface area (Å²) in [5.41, 5.74) is 6.28. The Balaban J connectivity index is 2.16. The lowest BCUT2D eigenvalue weighted by molar-refractivity contribution is -0.387. The first-order chi connectivity index (χ1) is 11.4. The van der Waals surface area contributed by atoms with E-state index in [0.717, 1.165) is 12.1 Å². The zero-order chi connectivity index (χ0) is 17.3. The van der Waals surface area contributed by atoms with E-state index in [1.807, 2.05) is 6.07 Å². The number of nitro benzene ring substituents is 1. The van der Waals surface area contributed by atoms with Crippen molar-refractivity contribution in [3.63, 3.8) is 0 Å². The van der Waals surface area contributed by atoms with E-state index in [9.17, 15) is 18.5 Å². The highest BCUT2D eigenvalue weighted by atomic mass is 32.2. The molecule has 0 atom stereocenters. The van der Waals surface area contributed by atoms with Crippen LogP contribution in [0.25, 0.3) is 11.3 Å². The van der Waals surface area contributed by atoms with Gasteiger partial charge in [0.1, 0.15) is 5.82 Å². The summed E-state index contributed by atoms with van der Waals surface area (Å²) in [6, 6.07) is 15.3. The van der Waals surface area contributed by atoms with Crippen molar-refractivity contribution in [3.05, 3.63) is 70.8 Å². The lowest BCUT2D eigenvalue weighted by Crippen LogP contribution is -2.18. The Hall–Kier alpha value is -3.20. The quantitative estimate of drug-likeness (QED) is 0.572. The lowest BCUT2D eigenvalue weighted by atomic mass is 10.2. The van der Waals surface area contributed by atoms with Crippen molar-refractivity contribution in [3.8, 4) is 11.3 Å². The van der Waals surface area contributed by atoms with E-state index in [4.69, 9.17) is 5.73 Å². The van der Waals surface area contributed by atoms with Crippen LogP contribution in [0.1, 0.15) is 0 Å². The first-order valence-electron chi connectivity index (χ1n) is 6.81. The van der Waals surface area contributed by atoms with Crippen molar-refractivity contribution in [1.82, 2.24) is 9.19 Å². The Bertz CT molecular complexity index is 1010. The fraction of sp³-hybridized carbons (Fsp3) is 0. The summed E-state index contributed by atoms with van der Waals surface area (Å²) in [7, 11) is -4.29. The summed E-state index contributed by atoms with van der Waals surface area (Å²) < 4.78 is 26.1. The highest BCUT2D eigenvalue weighted by Crippen LogP contribution is 2.28. The molecule has 0 radical (unpaired) electrons. The number of hydrogen-bond acceptors (Lipinski definition) is 6. The second-order valence-electron chi connectivity index (χ2n) is 4.89. The number of benzene rings is 2. The number of hydrogen-bond donors (Lipinski definition) is 1.